The number of hydrogen-bond acceptors (Lipinski definition) is 6. The van der Waals surface area contributed by atoms with E-state index < -0.39 is 36.1 Å². The van der Waals surface area contributed by atoms with Gasteiger partial charge in [-0.2, -0.15) is 4.98 Å². The number of rotatable bonds is 3. The number of benzene rings is 1. The highest BCUT2D eigenvalue weighted by molar-refractivity contribution is 5.89. The number of carbonyl (C=O) groups is 1. The number of fused-ring (bicyclic) bond motifs is 4. The van der Waals surface area contributed by atoms with Crippen molar-refractivity contribution < 1.29 is 23.4 Å². The van der Waals surface area contributed by atoms with E-state index in [1.807, 2.05) is 6.92 Å². The van der Waals surface area contributed by atoms with Crippen molar-refractivity contribution >= 4 is 5.97 Å². The molecule has 1 aromatic carbocycles. The number of hydrogen-bond donors (Lipinski definition) is 0. The van der Waals surface area contributed by atoms with Gasteiger partial charge in [0.05, 0.1) is 5.56 Å². The molecular weight excluding hydrogens is 331 g/mol. The molecule has 8 heteroatoms. The lowest BCUT2D eigenvalue weighted by molar-refractivity contribution is -0.0421. The summed E-state index contributed by atoms with van der Waals surface area (Å²) in [7, 11) is 0. The van der Waals surface area contributed by atoms with Crippen LogP contribution in [0.25, 0.3) is 0 Å². The lowest BCUT2D eigenvalue weighted by Crippen LogP contribution is -2.41. The first-order valence-corrected chi connectivity index (χ1v) is 7.82. The average Bonchev–Trinajstić information content (AvgIpc) is 2.80. The highest BCUT2D eigenvalue weighted by Gasteiger charge is 2.52. The Hall–Kier alpha value is -2.74. The van der Waals surface area contributed by atoms with Gasteiger partial charge in [-0.25, -0.2) is 9.18 Å². The Kier molecular flexibility index (Phi) is 3.76. The Morgan fingerprint density at radius 3 is 2.84 bits per heavy atom. The number of ether oxygens (including phenoxy) is 3. The largest absolute Gasteiger partial charge is 0.459 e. The van der Waals surface area contributed by atoms with Crippen LogP contribution in [0.1, 0.15) is 22.1 Å². The van der Waals surface area contributed by atoms with Gasteiger partial charge in [0.1, 0.15) is 12.7 Å². The zero-order chi connectivity index (χ0) is 17.6. The van der Waals surface area contributed by atoms with Gasteiger partial charge in [-0.1, -0.05) is 17.7 Å². The quantitative estimate of drug-likeness (QED) is 0.782. The van der Waals surface area contributed by atoms with Crippen molar-refractivity contribution in [3.8, 4) is 6.01 Å². The summed E-state index contributed by atoms with van der Waals surface area (Å²) in [5, 5.41) is 0. The minimum atomic E-state index is -1.44. The smallest absolute Gasteiger partial charge is 0.338 e. The van der Waals surface area contributed by atoms with Crippen LogP contribution in [0.3, 0.4) is 0 Å². The van der Waals surface area contributed by atoms with Crippen molar-refractivity contribution in [1.29, 1.82) is 0 Å². The summed E-state index contributed by atoms with van der Waals surface area (Å²) in [5.74, 6) is -0.523. The minimum Gasteiger partial charge on any atom is -0.459 e. The molecule has 3 heterocycles. The fourth-order valence-corrected chi connectivity index (χ4v) is 2.92. The Balaban J connectivity index is 1.46. The highest BCUT2D eigenvalue weighted by atomic mass is 19.1. The lowest BCUT2D eigenvalue weighted by atomic mass is 10.1. The van der Waals surface area contributed by atoms with E-state index in [1.165, 1.54) is 16.8 Å². The number of esters is 1. The van der Waals surface area contributed by atoms with Crippen LogP contribution in [-0.2, 0) is 9.47 Å². The van der Waals surface area contributed by atoms with E-state index in [-0.39, 0.29) is 12.6 Å². The van der Waals surface area contributed by atoms with Gasteiger partial charge < -0.3 is 14.2 Å². The second kappa shape index (κ2) is 5.96. The van der Waals surface area contributed by atoms with Crippen molar-refractivity contribution in [2.45, 2.75) is 31.5 Å². The summed E-state index contributed by atoms with van der Waals surface area (Å²) >= 11 is 0. The van der Waals surface area contributed by atoms with Crippen LogP contribution in [-0.4, -0.2) is 40.5 Å². The third-order valence-electron chi connectivity index (χ3n) is 4.25. The fraction of sp³-hybridized carbons (Fsp3) is 0.353. The zero-order valence-electron chi connectivity index (χ0n) is 13.3. The van der Waals surface area contributed by atoms with Gasteiger partial charge in [-0.15, -0.1) is 0 Å². The van der Waals surface area contributed by atoms with Gasteiger partial charge in [0.15, 0.2) is 18.5 Å². The number of aromatic nitrogens is 2. The van der Waals surface area contributed by atoms with Crippen LogP contribution in [0.2, 0.25) is 0 Å². The predicted molar refractivity (Wildman–Crippen MR) is 83.2 cm³/mol. The molecule has 2 bridgehead atoms. The molecule has 2 aliphatic rings. The molecule has 1 saturated heterocycles. The van der Waals surface area contributed by atoms with Crippen LogP contribution < -0.4 is 10.3 Å². The Morgan fingerprint density at radius 1 is 1.32 bits per heavy atom. The van der Waals surface area contributed by atoms with E-state index in [2.05, 4.69) is 4.98 Å². The maximum Gasteiger partial charge on any atom is 0.338 e. The molecule has 0 aliphatic carbocycles. The van der Waals surface area contributed by atoms with E-state index in [1.54, 1.807) is 24.3 Å². The second-order valence-electron chi connectivity index (χ2n) is 6.01. The molecule has 0 spiro atoms. The number of carbonyl (C=O) groups excluding carboxylic acids is 1. The van der Waals surface area contributed by atoms with Crippen LogP contribution in [0.15, 0.2) is 41.3 Å². The van der Waals surface area contributed by atoms with Gasteiger partial charge in [-0.05, 0) is 19.1 Å². The molecule has 1 fully saturated rings. The molecule has 0 unspecified atom stereocenters. The van der Waals surface area contributed by atoms with Crippen LogP contribution in [0.4, 0.5) is 4.39 Å². The van der Waals surface area contributed by atoms with E-state index in [9.17, 15) is 14.0 Å². The Bertz CT molecular complexity index is 866. The number of aryl methyl sites for hydroxylation is 1. The topological polar surface area (TPSA) is 79.7 Å². The van der Waals surface area contributed by atoms with E-state index >= 15 is 0 Å². The van der Waals surface area contributed by atoms with E-state index in [0.717, 1.165) is 5.56 Å². The first kappa shape index (κ1) is 15.8. The van der Waals surface area contributed by atoms with Crippen LogP contribution >= 0.6 is 0 Å². The van der Waals surface area contributed by atoms with Crippen molar-refractivity contribution in [3.63, 3.8) is 0 Å². The first-order valence-electron chi connectivity index (χ1n) is 7.82. The standard InChI is InChI=1S/C17H15FN2O5/c1-9-2-4-10(5-3-9)16(22)23-8-11-14-13(18)15(24-11)20-7-6-12(21)19-17(20)25-14/h2-7,11,13-15H,8H2,1H3/t11-,13+,14-,15-/m1/s1. The van der Waals surface area contributed by atoms with Gasteiger partial charge in [0, 0.05) is 12.3 Å². The SMILES string of the molecule is Cc1ccc(C(=O)OC[C@H]2O[C@@H]3[C@@H](F)[C@@H]2Oc2nc(=O)ccn23)cc1. The molecule has 2 aliphatic heterocycles. The lowest BCUT2D eigenvalue weighted by Gasteiger charge is -2.26. The summed E-state index contributed by atoms with van der Waals surface area (Å²) in [5.41, 5.74) is 0.947. The molecule has 7 nitrogen and oxygen atoms in total. The van der Waals surface area contributed by atoms with Crippen molar-refractivity contribution in [2.24, 2.45) is 0 Å². The summed E-state index contributed by atoms with van der Waals surface area (Å²) < 4.78 is 32.0. The number of alkyl halides is 1. The highest BCUT2D eigenvalue weighted by Crippen LogP contribution is 2.39. The third-order valence-corrected chi connectivity index (χ3v) is 4.25. The monoisotopic (exact) mass is 346 g/mol. The predicted octanol–water partition coefficient (Wildman–Crippen LogP) is 1.41. The zero-order valence-corrected chi connectivity index (χ0v) is 13.3. The van der Waals surface area contributed by atoms with Crippen molar-refractivity contribution in [2.75, 3.05) is 6.61 Å². The summed E-state index contributed by atoms with van der Waals surface area (Å²) in [6.07, 6.45) is -2.79. The average molecular weight is 346 g/mol. The van der Waals surface area contributed by atoms with Crippen LogP contribution in [0, 0.1) is 6.92 Å². The Labute approximate surface area is 142 Å². The number of nitrogens with zero attached hydrogens (tertiary/aromatic N) is 2. The molecular formula is C17H15FN2O5. The first-order chi connectivity index (χ1) is 12.0. The molecule has 0 N–H and O–H groups in total. The van der Waals surface area contributed by atoms with Gasteiger partial charge >= 0.3 is 12.0 Å². The molecule has 4 atom stereocenters. The summed E-state index contributed by atoms with van der Waals surface area (Å²) in [6, 6.07) is 8.12. The third kappa shape index (κ3) is 2.78. The van der Waals surface area contributed by atoms with Crippen molar-refractivity contribution in [1.82, 2.24) is 9.55 Å². The fourth-order valence-electron chi connectivity index (χ4n) is 2.92. The molecule has 0 radical (unpaired) electrons. The number of halogens is 1. The Morgan fingerprint density at radius 2 is 2.08 bits per heavy atom. The maximum atomic E-state index is 14.4. The summed E-state index contributed by atoms with van der Waals surface area (Å²) in [6.45, 7) is 1.75. The summed E-state index contributed by atoms with van der Waals surface area (Å²) in [4.78, 5) is 27.1. The molecule has 1 aromatic heterocycles. The molecule has 130 valence electrons. The molecule has 0 saturated carbocycles. The van der Waals surface area contributed by atoms with E-state index in [4.69, 9.17) is 14.2 Å². The van der Waals surface area contributed by atoms with Gasteiger partial charge in [0.25, 0.3) is 5.56 Å². The molecule has 0 amide bonds. The van der Waals surface area contributed by atoms with E-state index in [0.29, 0.717) is 5.56 Å². The maximum absolute atomic E-state index is 14.4. The van der Waals surface area contributed by atoms with Crippen LogP contribution in [0.5, 0.6) is 6.01 Å². The molecule has 2 aromatic rings. The molecule has 25 heavy (non-hydrogen) atoms. The van der Waals surface area contributed by atoms with Gasteiger partial charge in [0.2, 0.25) is 0 Å². The second-order valence-corrected chi connectivity index (χ2v) is 6.01. The molecule has 4 rings (SSSR count). The van der Waals surface area contributed by atoms with Crippen molar-refractivity contribution in [3.05, 3.63) is 58.0 Å². The minimum absolute atomic E-state index is 0.00348. The normalized spacial score (nSPS) is 26.6. The van der Waals surface area contributed by atoms with Gasteiger partial charge in [-0.3, -0.25) is 9.36 Å².